The van der Waals surface area contributed by atoms with E-state index in [2.05, 4.69) is 45.6 Å². The zero-order valence-corrected chi connectivity index (χ0v) is 16.2. The van der Waals surface area contributed by atoms with Crippen molar-refractivity contribution in [2.45, 2.75) is 6.54 Å². The summed E-state index contributed by atoms with van der Waals surface area (Å²) in [6.07, 6.45) is 7.19. The van der Waals surface area contributed by atoms with E-state index in [-0.39, 0.29) is 0 Å². The van der Waals surface area contributed by atoms with E-state index >= 15 is 0 Å². The van der Waals surface area contributed by atoms with Crippen LogP contribution in [0.3, 0.4) is 0 Å². The molecule has 144 valence electrons. The van der Waals surface area contributed by atoms with E-state index in [1.54, 1.807) is 18.6 Å². The van der Waals surface area contributed by atoms with Gasteiger partial charge in [-0.3, -0.25) is 9.97 Å². The highest BCUT2D eigenvalue weighted by Crippen LogP contribution is 2.25. The molecule has 5 heteroatoms. The number of hydrogen-bond acceptors (Lipinski definition) is 5. The van der Waals surface area contributed by atoms with Crippen LogP contribution in [0.1, 0.15) is 5.56 Å². The third-order valence-corrected chi connectivity index (χ3v) is 4.93. The number of pyridine rings is 2. The van der Waals surface area contributed by atoms with E-state index in [0.717, 1.165) is 33.4 Å². The van der Waals surface area contributed by atoms with Crippen LogP contribution in [-0.4, -0.2) is 19.9 Å². The van der Waals surface area contributed by atoms with Crippen molar-refractivity contribution in [1.82, 2.24) is 19.9 Å². The summed E-state index contributed by atoms with van der Waals surface area (Å²) in [6, 6.07) is 24.4. The fourth-order valence-electron chi connectivity index (χ4n) is 3.37. The molecule has 5 rings (SSSR count). The Kier molecular flexibility index (Phi) is 4.84. The summed E-state index contributed by atoms with van der Waals surface area (Å²) in [4.78, 5) is 17.9. The van der Waals surface area contributed by atoms with Crippen LogP contribution >= 0.6 is 0 Å². The first-order chi connectivity index (χ1) is 14.9. The Balaban J connectivity index is 1.42. The number of fused-ring (bicyclic) bond motifs is 1. The van der Waals surface area contributed by atoms with Crippen molar-refractivity contribution in [1.29, 1.82) is 0 Å². The number of para-hydroxylation sites is 1. The van der Waals surface area contributed by atoms with Gasteiger partial charge in [0.15, 0.2) is 5.82 Å². The van der Waals surface area contributed by atoms with Gasteiger partial charge < -0.3 is 5.32 Å². The quantitative estimate of drug-likeness (QED) is 0.438. The van der Waals surface area contributed by atoms with Crippen LogP contribution in [0.4, 0.5) is 5.82 Å². The van der Waals surface area contributed by atoms with Crippen molar-refractivity contribution in [3.8, 4) is 22.5 Å². The van der Waals surface area contributed by atoms with Crippen LogP contribution < -0.4 is 5.32 Å². The minimum absolute atomic E-state index is 0.663. The maximum absolute atomic E-state index is 4.78. The molecule has 2 aromatic carbocycles. The van der Waals surface area contributed by atoms with Crippen molar-refractivity contribution < 1.29 is 0 Å². The normalized spacial score (nSPS) is 10.8. The molecule has 0 amide bonds. The molecule has 0 aliphatic carbocycles. The molecule has 0 radical (unpaired) electrons. The fourth-order valence-corrected chi connectivity index (χ4v) is 3.37. The topological polar surface area (TPSA) is 63.6 Å². The summed E-state index contributed by atoms with van der Waals surface area (Å²) in [5.74, 6) is 1.48. The van der Waals surface area contributed by atoms with Gasteiger partial charge in [0.05, 0.1) is 5.52 Å². The third kappa shape index (κ3) is 3.73. The van der Waals surface area contributed by atoms with Gasteiger partial charge in [-0.05, 0) is 47.0 Å². The molecule has 0 spiro atoms. The van der Waals surface area contributed by atoms with Gasteiger partial charge >= 0.3 is 0 Å². The van der Waals surface area contributed by atoms with Gasteiger partial charge in [0, 0.05) is 42.3 Å². The van der Waals surface area contributed by atoms with E-state index in [0.29, 0.717) is 12.4 Å². The molecule has 0 saturated heterocycles. The van der Waals surface area contributed by atoms with Gasteiger partial charge in [0.1, 0.15) is 5.82 Å². The Morgan fingerprint density at radius 2 is 1.37 bits per heavy atom. The second-order valence-corrected chi connectivity index (χ2v) is 6.95. The van der Waals surface area contributed by atoms with E-state index in [1.807, 2.05) is 48.7 Å². The van der Waals surface area contributed by atoms with Crippen LogP contribution in [0.15, 0.2) is 97.6 Å². The summed E-state index contributed by atoms with van der Waals surface area (Å²) in [5.41, 5.74) is 5.24. The molecule has 5 aromatic rings. The lowest BCUT2D eigenvalue weighted by molar-refractivity contribution is 1.10. The number of rotatable bonds is 5. The number of aromatic nitrogens is 4. The average molecular weight is 389 g/mol. The van der Waals surface area contributed by atoms with Crippen LogP contribution in [0, 0.1) is 0 Å². The van der Waals surface area contributed by atoms with E-state index < -0.39 is 0 Å². The summed E-state index contributed by atoms with van der Waals surface area (Å²) in [7, 11) is 0. The minimum atomic E-state index is 0.663. The number of anilines is 1. The van der Waals surface area contributed by atoms with Gasteiger partial charge in [0.2, 0.25) is 0 Å². The SMILES string of the molecule is c1cncc(-c2ccc(CNc3nc(-c4cccnc4)nc4ccccc34)cc2)c1. The summed E-state index contributed by atoms with van der Waals surface area (Å²) in [6.45, 7) is 0.667. The van der Waals surface area contributed by atoms with Crippen LogP contribution in [0.5, 0.6) is 0 Å². The monoisotopic (exact) mass is 389 g/mol. The number of nitrogens with one attached hydrogen (secondary N) is 1. The number of hydrogen-bond donors (Lipinski definition) is 1. The standard InChI is InChI=1S/C25H19N5/c1-2-8-23-22(7-1)25(30-24(29-23)21-6-4-14-27-17-21)28-15-18-9-11-19(12-10-18)20-5-3-13-26-16-20/h1-14,16-17H,15H2,(H,28,29,30). The molecule has 0 aliphatic heterocycles. The van der Waals surface area contributed by atoms with Crippen LogP contribution in [0.2, 0.25) is 0 Å². The van der Waals surface area contributed by atoms with E-state index in [1.165, 1.54) is 5.56 Å². The Morgan fingerprint density at radius 3 is 2.10 bits per heavy atom. The molecule has 0 bridgehead atoms. The van der Waals surface area contributed by atoms with Gasteiger partial charge in [0.25, 0.3) is 0 Å². The van der Waals surface area contributed by atoms with Gasteiger partial charge in [-0.1, -0.05) is 42.5 Å². The highest BCUT2D eigenvalue weighted by molar-refractivity contribution is 5.90. The molecule has 3 aromatic heterocycles. The first-order valence-electron chi connectivity index (χ1n) is 9.77. The molecule has 0 unspecified atom stereocenters. The Morgan fingerprint density at radius 1 is 0.633 bits per heavy atom. The molecule has 0 aliphatic rings. The molecule has 1 N–H and O–H groups in total. The lowest BCUT2D eigenvalue weighted by Crippen LogP contribution is -2.04. The average Bonchev–Trinajstić information content (AvgIpc) is 2.84. The first kappa shape index (κ1) is 17.9. The smallest absolute Gasteiger partial charge is 0.163 e. The summed E-state index contributed by atoms with van der Waals surface area (Å²) >= 11 is 0. The van der Waals surface area contributed by atoms with Crippen molar-refractivity contribution in [3.05, 3.63) is 103 Å². The number of benzene rings is 2. The first-order valence-corrected chi connectivity index (χ1v) is 9.77. The summed E-state index contributed by atoms with van der Waals surface area (Å²) in [5, 5.41) is 4.49. The van der Waals surface area contributed by atoms with Crippen LogP contribution in [0.25, 0.3) is 33.4 Å². The van der Waals surface area contributed by atoms with Gasteiger partial charge in [-0.2, -0.15) is 0 Å². The minimum Gasteiger partial charge on any atom is -0.365 e. The van der Waals surface area contributed by atoms with Crippen LogP contribution in [-0.2, 0) is 6.54 Å². The van der Waals surface area contributed by atoms with Crippen molar-refractivity contribution >= 4 is 16.7 Å². The van der Waals surface area contributed by atoms with Crippen molar-refractivity contribution in [3.63, 3.8) is 0 Å². The molecule has 0 atom stereocenters. The van der Waals surface area contributed by atoms with Crippen molar-refractivity contribution in [2.24, 2.45) is 0 Å². The second kappa shape index (κ2) is 8.09. The highest BCUT2D eigenvalue weighted by atomic mass is 15.0. The Hall–Kier alpha value is -4.12. The molecule has 0 fully saturated rings. The molecule has 5 nitrogen and oxygen atoms in total. The second-order valence-electron chi connectivity index (χ2n) is 6.95. The molecule has 0 saturated carbocycles. The maximum Gasteiger partial charge on any atom is 0.163 e. The zero-order valence-electron chi connectivity index (χ0n) is 16.2. The molecule has 3 heterocycles. The lowest BCUT2D eigenvalue weighted by Gasteiger charge is -2.11. The molecular formula is C25H19N5. The number of nitrogens with zero attached hydrogens (tertiary/aromatic N) is 4. The Bertz CT molecular complexity index is 1270. The predicted octanol–water partition coefficient (Wildman–Crippen LogP) is 5.37. The van der Waals surface area contributed by atoms with Gasteiger partial charge in [-0.25, -0.2) is 9.97 Å². The van der Waals surface area contributed by atoms with Crippen molar-refractivity contribution in [2.75, 3.05) is 5.32 Å². The fraction of sp³-hybridized carbons (Fsp3) is 0.0400. The Labute approximate surface area is 174 Å². The summed E-state index contributed by atoms with van der Waals surface area (Å²) < 4.78 is 0. The maximum atomic E-state index is 4.78. The largest absolute Gasteiger partial charge is 0.365 e. The van der Waals surface area contributed by atoms with E-state index in [9.17, 15) is 0 Å². The highest BCUT2D eigenvalue weighted by Gasteiger charge is 2.09. The predicted molar refractivity (Wildman–Crippen MR) is 120 cm³/mol. The molecule has 30 heavy (non-hydrogen) atoms. The van der Waals surface area contributed by atoms with Gasteiger partial charge in [-0.15, -0.1) is 0 Å². The lowest BCUT2D eigenvalue weighted by atomic mass is 10.1. The third-order valence-electron chi connectivity index (χ3n) is 4.93. The molecular weight excluding hydrogens is 370 g/mol. The zero-order chi connectivity index (χ0) is 20.2. The van der Waals surface area contributed by atoms with E-state index in [4.69, 9.17) is 9.97 Å².